The molecule has 0 aromatic carbocycles. The van der Waals surface area contributed by atoms with Gasteiger partial charge in [0.25, 0.3) is 0 Å². The Morgan fingerprint density at radius 1 is 0.655 bits per heavy atom. The summed E-state index contributed by atoms with van der Waals surface area (Å²) in [4.78, 5) is 0. The van der Waals surface area contributed by atoms with Crippen molar-refractivity contribution in [2.24, 2.45) is 10.8 Å². The molecule has 3 aliphatic rings. The summed E-state index contributed by atoms with van der Waals surface area (Å²) in [6.07, 6.45) is 7.61. The number of allylic oxidation sites excluding steroid dienone is 8. The van der Waals surface area contributed by atoms with Crippen molar-refractivity contribution in [2.75, 3.05) is 0 Å². The summed E-state index contributed by atoms with van der Waals surface area (Å²) in [5, 5.41) is 0. The molecular weight excluding hydrogens is 474 g/mol. The minimum absolute atomic E-state index is 0. The van der Waals surface area contributed by atoms with E-state index < -0.39 is 20.3 Å². The molecule has 0 bridgehead atoms. The zero-order valence-corrected chi connectivity index (χ0v) is 24.8. The van der Waals surface area contributed by atoms with Gasteiger partial charge in [-0.1, -0.05) is 0 Å². The third kappa shape index (κ3) is 3.68. The van der Waals surface area contributed by atoms with Gasteiger partial charge in [0.05, 0.1) is 0 Å². The van der Waals surface area contributed by atoms with Gasteiger partial charge < -0.3 is 24.8 Å². The van der Waals surface area contributed by atoms with E-state index in [4.69, 9.17) is 0 Å². The van der Waals surface area contributed by atoms with E-state index in [9.17, 15) is 0 Å². The van der Waals surface area contributed by atoms with Gasteiger partial charge in [-0.15, -0.1) is 0 Å². The summed E-state index contributed by atoms with van der Waals surface area (Å²) < 4.78 is 4.83. The first-order valence-corrected chi connectivity index (χ1v) is 15.7. The molecule has 1 fully saturated rings. The monoisotopic (exact) mass is 514 g/mol. The second-order valence-electron chi connectivity index (χ2n) is 12.5. The van der Waals surface area contributed by atoms with Gasteiger partial charge in [0, 0.05) is 0 Å². The molecule has 29 heavy (non-hydrogen) atoms. The van der Waals surface area contributed by atoms with E-state index in [2.05, 4.69) is 95.2 Å². The summed E-state index contributed by atoms with van der Waals surface area (Å²) in [5.41, 5.74) is 7.13. The van der Waals surface area contributed by atoms with Crippen LogP contribution in [0.1, 0.15) is 95.9 Å². The van der Waals surface area contributed by atoms with Crippen LogP contribution in [0.25, 0.3) is 0 Å². The van der Waals surface area contributed by atoms with Crippen LogP contribution in [0.4, 0.5) is 0 Å². The predicted octanol–water partition coefficient (Wildman–Crippen LogP) is 2.86. The molecule has 2 aliphatic carbocycles. The summed E-state index contributed by atoms with van der Waals surface area (Å²) in [5.74, 6) is 0. The smallest absolute Gasteiger partial charge is 1.00 e. The minimum Gasteiger partial charge on any atom is -1.00 e. The van der Waals surface area contributed by atoms with Crippen LogP contribution in [0.5, 0.6) is 0 Å². The van der Waals surface area contributed by atoms with Gasteiger partial charge >= 0.3 is 174 Å². The minimum atomic E-state index is -2.75. The first-order valence-electron chi connectivity index (χ1n) is 10.8. The summed E-state index contributed by atoms with van der Waals surface area (Å²) >= 11 is -2.75. The molecular formula is C26H42Cl2Zr. The normalized spacial score (nSPS) is 23.6. The second-order valence-corrected chi connectivity index (χ2v) is 25.3. The van der Waals surface area contributed by atoms with E-state index in [1.54, 1.807) is 22.3 Å². The first-order chi connectivity index (χ1) is 12.0. The molecule has 1 saturated heterocycles. The zero-order valence-electron chi connectivity index (χ0n) is 20.8. The molecule has 0 aromatic heterocycles. The Hall–Kier alpha value is 0.423. The average Bonchev–Trinajstić information content (AvgIpc) is 2.88. The van der Waals surface area contributed by atoms with E-state index in [0.29, 0.717) is 6.25 Å². The fourth-order valence-electron chi connectivity index (χ4n) is 6.28. The third-order valence-corrected chi connectivity index (χ3v) is 27.6. The van der Waals surface area contributed by atoms with E-state index in [-0.39, 0.29) is 35.6 Å². The van der Waals surface area contributed by atoms with E-state index in [1.807, 2.05) is 6.56 Å². The first kappa shape index (κ1) is 27.5. The third-order valence-electron chi connectivity index (χ3n) is 8.67. The van der Waals surface area contributed by atoms with Gasteiger partial charge in [-0.2, -0.15) is 0 Å². The number of hydrogen-bond donors (Lipinski definition) is 0. The van der Waals surface area contributed by atoms with Crippen molar-refractivity contribution >= 4 is 0 Å². The predicted molar refractivity (Wildman–Crippen MR) is 118 cm³/mol. The molecule has 0 nitrogen and oxygen atoms in total. The van der Waals surface area contributed by atoms with Gasteiger partial charge in [-0.3, -0.25) is 0 Å². The molecule has 0 spiro atoms. The number of halogens is 2. The Balaban J connectivity index is 0.00000210. The molecule has 0 radical (unpaired) electrons. The fourth-order valence-corrected chi connectivity index (χ4v) is 28.4. The van der Waals surface area contributed by atoms with Gasteiger partial charge in [-0.25, -0.2) is 0 Å². The van der Waals surface area contributed by atoms with Crippen LogP contribution in [0, 0.1) is 10.8 Å². The van der Waals surface area contributed by atoms with Crippen molar-refractivity contribution in [3.8, 4) is 0 Å². The van der Waals surface area contributed by atoms with Gasteiger partial charge in [-0.05, 0) is 0 Å². The van der Waals surface area contributed by atoms with E-state index in [1.165, 1.54) is 12.8 Å². The molecule has 1 aliphatic heterocycles. The zero-order chi connectivity index (χ0) is 20.8. The van der Waals surface area contributed by atoms with Crippen LogP contribution in [0.15, 0.2) is 41.0 Å². The van der Waals surface area contributed by atoms with Gasteiger partial charge in [0.1, 0.15) is 0 Å². The molecule has 1 heterocycles. The molecule has 0 aromatic rings. The van der Waals surface area contributed by atoms with Crippen molar-refractivity contribution in [1.82, 2.24) is 0 Å². The van der Waals surface area contributed by atoms with Crippen LogP contribution in [0.2, 0.25) is 6.25 Å². The summed E-state index contributed by atoms with van der Waals surface area (Å²) in [6, 6.07) is 0. The van der Waals surface area contributed by atoms with Crippen LogP contribution < -0.4 is 24.8 Å². The van der Waals surface area contributed by atoms with E-state index in [0.717, 1.165) is 0 Å². The van der Waals surface area contributed by atoms with Crippen molar-refractivity contribution in [1.29, 1.82) is 0 Å². The molecule has 164 valence electrons. The second kappa shape index (κ2) is 7.78. The molecule has 0 N–H and O–H groups in total. The van der Waals surface area contributed by atoms with Crippen LogP contribution >= 0.6 is 0 Å². The topological polar surface area (TPSA) is 0 Å². The van der Waals surface area contributed by atoms with Crippen LogP contribution in [-0.2, 0) is 20.3 Å². The van der Waals surface area contributed by atoms with Crippen molar-refractivity contribution in [3.05, 3.63) is 41.0 Å². The largest absolute Gasteiger partial charge is 1.00 e. The Bertz CT molecular complexity index is 748. The van der Waals surface area contributed by atoms with Gasteiger partial charge in [0.15, 0.2) is 0 Å². The molecule has 3 rings (SSSR count). The number of hydrogen-bond acceptors (Lipinski definition) is 0. The molecule has 0 amide bonds. The standard InChI is InChI=1S/2C10H15.C6H12.2ClH.Zr/c2*1-8-5-6-9(7-8)10(2,3)4;1-5(2)6(3)4;;;/h2*7H,6H2,1-4H3;1-4H3;2*1H;/q;;;;;+2/p-2. The average molecular weight is 517 g/mol. The fraction of sp³-hybridized carbons (Fsp3) is 0.692. The molecule has 0 saturated carbocycles. The quantitative estimate of drug-likeness (QED) is 0.530. The maximum atomic E-state index is 2.60. The SMILES string of the molecule is CC1=[C]([Zr+2]2([C]3=C(C)C=C(C(C)(C)C)C3)[C](C)(C)[C]2(C)C)CC(C(C)(C)C)=C1.[Cl-].[Cl-]. The Kier molecular flexibility index (Phi) is 7.36. The van der Waals surface area contributed by atoms with Crippen molar-refractivity contribution in [3.63, 3.8) is 0 Å². The van der Waals surface area contributed by atoms with Crippen molar-refractivity contribution < 1.29 is 45.1 Å². The Labute approximate surface area is 198 Å². The maximum Gasteiger partial charge on any atom is -1.00 e. The summed E-state index contributed by atoms with van der Waals surface area (Å²) in [7, 11) is 0. The van der Waals surface area contributed by atoms with Crippen molar-refractivity contribution in [2.45, 2.75) is 102 Å². The molecule has 0 atom stereocenters. The van der Waals surface area contributed by atoms with E-state index >= 15 is 0 Å². The Morgan fingerprint density at radius 2 is 0.931 bits per heavy atom. The number of rotatable bonds is 2. The Morgan fingerprint density at radius 3 is 1.10 bits per heavy atom. The van der Waals surface area contributed by atoms with Crippen LogP contribution in [0.3, 0.4) is 0 Å². The molecule has 3 heteroatoms. The van der Waals surface area contributed by atoms with Crippen LogP contribution in [-0.4, -0.2) is 0 Å². The summed E-state index contributed by atoms with van der Waals surface area (Å²) in [6.45, 7) is 29.6. The van der Waals surface area contributed by atoms with Gasteiger partial charge in [0.2, 0.25) is 0 Å². The maximum absolute atomic E-state index is 2.75. The molecule has 0 unspecified atom stereocenters.